The number of carboxylic acid groups (broad SMARTS) is 1. The molecule has 0 heterocycles. The summed E-state index contributed by atoms with van der Waals surface area (Å²) in [6, 6.07) is 9.72. The van der Waals surface area contributed by atoms with E-state index in [2.05, 4.69) is 6.92 Å². The van der Waals surface area contributed by atoms with Gasteiger partial charge in [-0.05, 0) is 18.1 Å². The molecule has 0 fully saturated rings. The molecule has 0 saturated heterocycles. The van der Waals surface area contributed by atoms with Gasteiger partial charge in [-0.15, -0.1) is 0 Å². The zero-order chi connectivity index (χ0) is 14.6. The average molecular weight is 272 g/mol. The lowest BCUT2D eigenvalue weighted by Crippen LogP contribution is -2.36. The fourth-order valence-electron chi connectivity index (χ4n) is 2.65. The Morgan fingerprint density at radius 2 is 2.00 bits per heavy atom. The van der Waals surface area contributed by atoms with Crippen molar-refractivity contribution in [3.63, 3.8) is 0 Å². The lowest BCUT2D eigenvalue weighted by atomic mass is 9.75. The summed E-state index contributed by atoms with van der Waals surface area (Å²) in [6.07, 6.45) is 7.27. The topological polar surface area (TPSA) is 57.5 Å². The van der Waals surface area contributed by atoms with Gasteiger partial charge in [0.05, 0.1) is 11.2 Å². The fraction of sp³-hybridized carbons (Fsp3) is 0.353. The lowest BCUT2D eigenvalue weighted by Gasteiger charge is -2.35. The molecule has 0 spiro atoms. The van der Waals surface area contributed by atoms with E-state index in [9.17, 15) is 9.90 Å². The van der Waals surface area contributed by atoms with Gasteiger partial charge >= 0.3 is 5.97 Å². The molecule has 0 radical (unpaired) electrons. The highest BCUT2D eigenvalue weighted by molar-refractivity contribution is 5.90. The number of hydrogen-bond acceptors (Lipinski definition) is 2. The second-order valence-electron chi connectivity index (χ2n) is 5.25. The number of benzene rings is 1. The summed E-state index contributed by atoms with van der Waals surface area (Å²) in [5, 5.41) is 20.1. The first kappa shape index (κ1) is 14.5. The maximum Gasteiger partial charge on any atom is 0.335 e. The van der Waals surface area contributed by atoms with Gasteiger partial charge in [-0.25, -0.2) is 4.79 Å². The number of aliphatic carboxylic acids is 1. The highest BCUT2D eigenvalue weighted by Gasteiger charge is 2.36. The number of hydrogen-bond donors (Lipinski definition) is 2. The zero-order valence-electron chi connectivity index (χ0n) is 11.6. The van der Waals surface area contributed by atoms with Crippen LogP contribution in [0.5, 0.6) is 0 Å². The van der Waals surface area contributed by atoms with Crippen molar-refractivity contribution in [3.8, 4) is 0 Å². The standard InChI is InChI=1S/C17H20O3/c1-2-3-11-17(20)12-14(16(18)19)9-10-15(17)13-7-5-4-6-8-13/h4-10,12,15,20H,2-3,11H2,1H3,(H,18,19). The molecule has 20 heavy (non-hydrogen) atoms. The predicted molar refractivity (Wildman–Crippen MR) is 78.5 cm³/mol. The van der Waals surface area contributed by atoms with E-state index in [-0.39, 0.29) is 11.5 Å². The minimum Gasteiger partial charge on any atom is -0.478 e. The highest BCUT2D eigenvalue weighted by atomic mass is 16.4. The molecule has 106 valence electrons. The SMILES string of the molecule is CCCCC1(O)C=C(C(=O)O)C=CC1c1ccccc1. The van der Waals surface area contributed by atoms with Crippen LogP contribution in [0.15, 0.2) is 54.1 Å². The largest absolute Gasteiger partial charge is 0.478 e. The van der Waals surface area contributed by atoms with Gasteiger partial charge in [0.2, 0.25) is 0 Å². The molecule has 2 rings (SSSR count). The van der Waals surface area contributed by atoms with E-state index in [0.29, 0.717) is 6.42 Å². The summed E-state index contributed by atoms with van der Waals surface area (Å²) in [5.41, 5.74) is 0.0404. The van der Waals surface area contributed by atoms with Crippen LogP contribution in [0, 0.1) is 0 Å². The summed E-state index contributed by atoms with van der Waals surface area (Å²) < 4.78 is 0. The van der Waals surface area contributed by atoms with E-state index in [1.54, 1.807) is 12.2 Å². The number of rotatable bonds is 5. The van der Waals surface area contributed by atoms with E-state index < -0.39 is 11.6 Å². The maximum atomic E-state index is 11.1. The Balaban J connectivity index is 2.37. The minimum absolute atomic E-state index is 0.163. The van der Waals surface area contributed by atoms with Crippen LogP contribution >= 0.6 is 0 Å². The first-order valence-electron chi connectivity index (χ1n) is 6.98. The van der Waals surface area contributed by atoms with E-state index in [1.165, 1.54) is 6.08 Å². The molecule has 3 nitrogen and oxygen atoms in total. The summed E-state index contributed by atoms with van der Waals surface area (Å²) in [6.45, 7) is 2.06. The Kier molecular flexibility index (Phi) is 4.40. The smallest absolute Gasteiger partial charge is 0.335 e. The summed E-state index contributed by atoms with van der Waals surface area (Å²) in [7, 11) is 0. The number of carbonyl (C=O) groups is 1. The molecule has 0 aromatic heterocycles. The first-order valence-corrected chi connectivity index (χ1v) is 6.98. The fourth-order valence-corrected chi connectivity index (χ4v) is 2.65. The number of carboxylic acids is 1. The Bertz CT molecular complexity index is 530. The molecule has 1 aliphatic carbocycles. The average Bonchev–Trinajstić information content (AvgIpc) is 2.46. The van der Waals surface area contributed by atoms with Crippen LogP contribution in [0.2, 0.25) is 0 Å². The van der Waals surface area contributed by atoms with Gasteiger partial charge in [-0.2, -0.15) is 0 Å². The van der Waals surface area contributed by atoms with Crippen LogP contribution < -0.4 is 0 Å². The lowest BCUT2D eigenvalue weighted by molar-refractivity contribution is -0.132. The first-order chi connectivity index (χ1) is 9.57. The zero-order valence-corrected chi connectivity index (χ0v) is 11.6. The van der Waals surface area contributed by atoms with Crippen molar-refractivity contribution in [3.05, 3.63) is 59.7 Å². The summed E-state index contributed by atoms with van der Waals surface area (Å²) in [5.74, 6) is -1.19. The molecule has 1 aromatic rings. The monoisotopic (exact) mass is 272 g/mol. The van der Waals surface area contributed by atoms with Gasteiger partial charge in [0.15, 0.2) is 0 Å². The number of aliphatic hydroxyl groups is 1. The summed E-state index contributed by atoms with van der Waals surface area (Å²) in [4.78, 5) is 11.1. The van der Waals surface area contributed by atoms with Crippen molar-refractivity contribution in [1.82, 2.24) is 0 Å². The van der Waals surface area contributed by atoms with Crippen molar-refractivity contribution in [2.24, 2.45) is 0 Å². The van der Waals surface area contributed by atoms with E-state index in [0.717, 1.165) is 18.4 Å². The second-order valence-corrected chi connectivity index (χ2v) is 5.25. The molecule has 1 aromatic carbocycles. The minimum atomic E-state index is -1.13. The highest BCUT2D eigenvalue weighted by Crippen LogP contribution is 2.38. The Hall–Kier alpha value is -1.87. The van der Waals surface area contributed by atoms with Crippen molar-refractivity contribution < 1.29 is 15.0 Å². The van der Waals surface area contributed by atoms with Crippen molar-refractivity contribution in [2.45, 2.75) is 37.7 Å². The van der Waals surface area contributed by atoms with Crippen molar-refractivity contribution >= 4 is 5.97 Å². The molecule has 2 N–H and O–H groups in total. The van der Waals surface area contributed by atoms with Gasteiger partial charge in [0, 0.05) is 5.92 Å². The number of unbranched alkanes of at least 4 members (excludes halogenated alkanes) is 1. The van der Waals surface area contributed by atoms with Crippen LogP contribution in [0.1, 0.15) is 37.7 Å². The van der Waals surface area contributed by atoms with Gasteiger partial charge in [-0.1, -0.05) is 62.2 Å². The van der Waals surface area contributed by atoms with Gasteiger partial charge < -0.3 is 10.2 Å². The van der Waals surface area contributed by atoms with E-state index in [4.69, 9.17) is 5.11 Å². The van der Waals surface area contributed by atoms with Crippen LogP contribution in [0.4, 0.5) is 0 Å². The molecule has 2 atom stereocenters. The third-order valence-corrected chi connectivity index (χ3v) is 3.75. The van der Waals surface area contributed by atoms with Gasteiger partial charge in [-0.3, -0.25) is 0 Å². The van der Waals surface area contributed by atoms with E-state index in [1.807, 2.05) is 30.3 Å². The molecule has 2 unspecified atom stereocenters. The third-order valence-electron chi connectivity index (χ3n) is 3.75. The molecule has 0 amide bonds. The van der Waals surface area contributed by atoms with Crippen molar-refractivity contribution in [1.29, 1.82) is 0 Å². The van der Waals surface area contributed by atoms with E-state index >= 15 is 0 Å². The van der Waals surface area contributed by atoms with Crippen LogP contribution in [0.25, 0.3) is 0 Å². The summed E-state index contributed by atoms with van der Waals surface area (Å²) >= 11 is 0. The molecule has 0 bridgehead atoms. The van der Waals surface area contributed by atoms with Crippen LogP contribution in [-0.4, -0.2) is 21.8 Å². The third kappa shape index (κ3) is 2.99. The Morgan fingerprint density at radius 1 is 1.30 bits per heavy atom. The Labute approximate surface area is 119 Å². The molecule has 1 aliphatic rings. The molecular formula is C17H20O3. The van der Waals surface area contributed by atoms with Gasteiger partial charge in [0.1, 0.15) is 0 Å². The van der Waals surface area contributed by atoms with Crippen molar-refractivity contribution in [2.75, 3.05) is 0 Å². The molecule has 0 aliphatic heterocycles. The predicted octanol–water partition coefficient (Wildman–Crippen LogP) is 3.27. The second kappa shape index (κ2) is 6.06. The molecular weight excluding hydrogens is 252 g/mol. The quantitative estimate of drug-likeness (QED) is 0.865. The maximum absolute atomic E-state index is 11.1. The van der Waals surface area contributed by atoms with Crippen LogP contribution in [-0.2, 0) is 4.79 Å². The molecule has 3 heteroatoms. The molecule has 0 saturated carbocycles. The Morgan fingerprint density at radius 3 is 2.60 bits per heavy atom. The normalized spacial score (nSPS) is 25.3. The van der Waals surface area contributed by atoms with Gasteiger partial charge in [0.25, 0.3) is 0 Å². The van der Waals surface area contributed by atoms with Crippen LogP contribution in [0.3, 0.4) is 0 Å².